The first-order valence-corrected chi connectivity index (χ1v) is 9.96. The van der Waals surface area contributed by atoms with Crippen LogP contribution in [0.15, 0.2) is 47.5 Å². The van der Waals surface area contributed by atoms with Crippen molar-refractivity contribution in [1.29, 1.82) is 0 Å². The molecule has 138 valence electrons. The first kappa shape index (κ1) is 18.5. The average Bonchev–Trinajstić information content (AvgIpc) is 2.62. The number of carbonyl (C=O) groups is 1. The summed E-state index contributed by atoms with van der Waals surface area (Å²) in [6, 6.07) is 9.49. The Kier molecular flexibility index (Phi) is 5.33. The lowest BCUT2D eigenvalue weighted by Gasteiger charge is -2.34. The van der Waals surface area contributed by atoms with Gasteiger partial charge >= 0.3 is 0 Å². The summed E-state index contributed by atoms with van der Waals surface area (Å²) in [6.45, 7) is 4.26. The third kappa shape index (κ3) is 4.25. The minimum Gasteiger partial charge on any atom is -0.353 e. The number of carbonyl (C=O) groups excluding carboxylic acids is 1. The Morgan fingerprint density at radius 1 is 1.15 bits per heavy atom. The van der Waals surface area contributed by atoms with Crippen molar-refractivity contribution in [3.05, 3.63) is 47.6 Å². The van der Waals surface area contributed by atoms with Crippen LogP contribution in [0.4, 0.5) is 11.5 Å². The molecule has 3 rings (SSSR count). The van der Waals surface area contributed by atoms with Crippen LogP contribution in [0.25, 0.3) is 0 Å². The first-order chi connectivity index (χ1) is 12.3. The van der Waals surface area contributed by atoms with Crippen LogP contribution in [0.5, 0.6) is 0 Å². The largest absolute Gasteiger partial charge is 0.353 e. The van der Waals surface area contributed by atoms with Crippen LogP contribution in [0.1, 0.15) is 6.92 Å². The number of hydrogen-bond donors (Lipinski definition) is 1. The van der Waals surface area contributed by atoms with Gasteiger partial charge in [-0.05, 0) is 30.3 Å². The molecule has 1 amide bonds. The van der Waals surface area contributed by atoms with Gasteiger partial charge in [0.2, 0.25) is 5.91 Å². The van der Waals surface area contributed by atoms with E-state index in [0.717, 1.165) is 5.82 Å². The van der Waals surface area contributed by atoms with Crippen LogP contribution in [0.3, 0.4) is 0 Å². The van der Waals surface area contributed by atoms with Gasteiger partial charge in [-0.25, -0.2) is 13.4 Å². The fourth-order valence-electron chi connectivity index (χ4n) is 2.73. The molecule has 0 radical (unpaired) electrons. The van der Waals surface area contributed by atoms with Gasteiger partial charge in [0.05, 0.1) is 16.8 Å². The van der Waals surface area contributed by atoms with E-state index in [0.29, 0.717) is 36.9 Å². The van der Waals surface area contributed by atoms with Gasteiger partial charge in [0, 0.05) is 38.1 Å². The number of nitrogens with zero attached hydrogens (tertiary/aromatic N) is 3. The SMILES string of the molecule is CC(=O)N1CCN(c2ccc(NS(=O)(=O)c3cccc(Cl)c3)cn2)CC1. The van der Waals surface area contributed by atoms with Crippen molar-refractivity contribution in [2.75, 3.05) is 35.8 Å². The van der Waals surface area contributed by atoms with Gasteiger partial charge in [-0.2, -0.15) is 0 Å². The van der Waals surface area contributed by atoms with Crippen molar-refractivity contribution in [3.8, 4) is 0 Å². The molecule has 2 aromatic rings. The molecule has 1 aromatic carbocycles. The number of halogens is 1. The summed E-state index contributed by atoms with van der Waals surface area (Å²) in [4.78, 5) is 19.7. The average molecular weight is 395 g/mol. The summed E-state index contributed by atoms with van der Waals surface area (Å²) in [5.41, 5.74) is 0.371. The van der Waals surface area contributed by atoms with Crippen LogP contribution < -0.4 is 9.62 Å². The first-order valence-electron chi connectivity index (χ1n) is 8.10. The summed E-state index contributed by atoms with van der Waals surface area (Å²) in [6.07, 6.45) is 1.48. The molecule has 7 nitrogen and oxygen atoms in total. The number of sulfonamides is 1. The molecular weight excluding hydrogens is 376 g/mol. The molecule has 0 bridgehead atoms. The summed E-state index contributed by atoms with van der Waals surface area (Å²) in [5, 5.41) is 0.353. The van der Waals surface area contributed by atoms with Crippen molar-refractivity contribution in [2.24, 2.45) is 0 Å². The second kappa shape index (κ2) is 7.51. The predicted molar refractivity (Wildman–Crippen MR) is 101 cm³/mol. The van der Waals surface area contributed by atoms with Crippen LogP contribution in [0, 0.1) is 0 Å². The molecule has 9 heteroatoms. The Morgan fingerprint density at radius 2 is 1.88 bits per heavy atom. The molecular formula is C17H19ClN4O3S. The highest BCUT2D eigenvalue weighted by molar-refractivity contribution is 7.92. The number of aromatic nitrogens is 1. The van der Waals surface area contributed by atoms with Crippen molar-refractivity contribution in [3.63, 3.8) is 0 Å². The van der Waals surface area contributed by atoms with Gasteiger partial charge in [-0.1, -0.05) is 17.7 Å². The van der Waals surface area contributed by atoms with Crippen molar-refractivity contribution < 1.29 is 13.2 Å². The van der Waals surface area contributed by atoms with E-state index in [-0.39, 0.29) is 10.8 Å². The molecule has 1 N–H and O–H groups in total. The van der Waals surface area contributed by atoms with Crippen LogP contribution in [-0.2, 0) is 14.8 Å². The lowest BCUT2D eigenvalue weighted by atomic mass is 10.3. The maximum Gasteiger partial charge on any atom is 0.261 e. The molecule has 0 unspecified atom stereocenters. The number of benzene rings is 1. The summed E-state index contributed by atoms with van der Waals surface area (Å²) in [7, 11) is -3.72. The molecule has 1 fully saturated rings. The number of pyridine rings is 1. The van der Waals surface area contributed by atoms with E-state index < -0.39 is 10.0 Å². The fourth-order valence-corrected chi connectivity index (χ4v) is 4.08. The van der Waals surface area contributed by atoms with E-state index in [1.807, 2.05) is 0 Å². The van der Waals surface area contributed by atoms with Crippen LogP contribution >= 0.6 is 11.6 Å². The molecule has 1 aromatic heterocycles. The molecule has 1 saturated heterocycles. The zero-order valence-corrected chi connectivity index (χ0v) is 15.8. The third-order valence-corrected chi connectivity index (χ3v) is 5.77. The molecule has 0 spiro atoms. The highest BCUT2D eigenvalue weighted by Crippen LogP contribution is 2.21. The number of anilines is 2. The van der Waals surface area contributed by atoms with E-state index in [1.165, 1.54) is 18.3 Å². The van der Waals surface area contributed by atoms with E-state index >= 15 is 0 Å². The fraction of sp³-hybridized carbons (Fsp3) is 0.294. The zero-order chi connectivity index (χ0) is 18.7. The monoisotopic (exact) mass is 394 g/mol. The number of nitrogens with one attached hydrogen (secondary N) is 1. The Hall–Kier alpha value is -2.32. The summed E-state index contributed by atoms with van der Waals surface area (Å²) < 4.78 is 27.3. The maximum absolute atomic E-state index is 12.4. The second-order valence-electron chi connectivity index (χ2n) is 5.96. The Balaban J connectivity index is 1.67. The summed E-state index contributed by atoms with van der Waals surface area (Å²) >= 11 is 5.86. The minimum atomic E-state index is -3.72. The van der Waals surface area contributed by atoms with Gasteiger partial charge in [-0.15, -0.1) is 0 Å². The highest BCUT2D eigenvalue weighted by atomic mass is 35.5. The molecule has 0 saturated carbocycles. The number of amides is 1. The number of piperazine rings is 1. The number of hydrogen-bond acceptors (Lipinski definition) is 5. The van der Waals surface area contributed by atoms with E-state index in [2.05, 4.69) is 14.6 Å². The topological polar surface area (TPSA) is 82.6 Å². The van der Waals surface area contributed by atoms with Gasteiger partial charge in [0.25, 0.3) is 10.0 Å². The Morgan fingerprint density at radius 3 is 2.46 bits per heavy atom. The lowest BCUT2D eigenvalue weighted by molar-refractivity contribution is -0.129. The maximum atomic E-state index is 12.4. The number of rotatable bonds is 4. The Labute approximate surface area is 157 Å². The normalized spacial score (nSPS) is 15.0. The molecule has 2 heterocycles. The van der Waals surface area contributed by atoms with Crippen molar-refractivity contribution in [1.82, 2.24) is 9.88 Å². The Bertz CT molecular complexity index is 894. The van der Waals surface area contributed by atoms with E-state index in [9.17, 15) is 13.2 Å². The standard InChI is InChI=1S/C17H19ClN4O3S/c1-13(23)21-7-9-22(10-8-21)17-6-5-15(12-19-17)20-26(24,25)16-4-2-3-14(18)11-16/h2-6,11-12,20H,7-10H2,1H3. The smallest absolute Gasteiger partial charge is 0.261 e. The van der Waals surface area contributed by atoms with Gasteiger partial charge < -0.3 is 9.80 Å². The predicted octanol–water partition coefficient (Wildman–Crippen LogP) is 2.20. The molecule has 0 aliphatic carbocycles. The van der Waals surface area contributed by atoms with Gasteiger partial charge in [0.1, 0.15) is 5.82 Å². The molecule has 0 atom stereocenters. The van der Waals surface area contributed by atoms with Gasteiger partial charge in [0.15, 0.2) is 0 Å². The zero-order valence-electron chi connectivity index (χ0n) is 14.2. The minimum absolute atomic E-state index is 0.0726. The quantitative estimate of drug-likeness (QED) is 0.859. The van der Waals surface area contributed by atoms with Crippen molar-refractivity contribution in [2.45, 2.75) is 11.8 Å². The van der Waals surface area contributed by atoms with E-state index in [4.69, 9.17) is 11.6 Å². The third-order valence-electron chi connectivity index (χ3n) is 4.16. The molecule has 26 heavy (non-hydrogen) atoms. The van der Waals surface area contributed by atoms with Crippen LogP contribution in [0.2, 0.25) is 5.02 Å². The van der Waals surface area contributed by atoms with E-state index in [1.54, 1.807) is 36.1 Å². The lowest BCUT2D eigenvalue weighted by Crippen LogP contribution is -2.48. The molecule has 1 aliphatic rings. The van der Waals surface area contributed by atoms with Crippen molar-refractivity contribution >= 4 is 39.0 Å². The second-order valence-corrected chi connectivity index (χ2v) is 8.08. The molecule has 1 aliphatic heterocycles. The highest BCUT2D eigenvalue weighted by Gasteiger charge is 2.20. The summed E-state index contributed by atoms with van der Waals surface area (Å²) in [5.74, 6) is 0.822. The van der Waals surface area contributed by atoms with Gasteiger partial charge in [-0.3, -0.25) is 9.52 Å². The van der Waals surface area contributed by atoms with Crippen LogP contribution in [-0.4, -0.2) is 50.4 Å².